The third kappa shape index (κ3) is 1.55. The van der Waals surface area contributed by atoms with Gasteiger partial charge in [0.2, 0.25) is 0 Å². The molecule has 0 bridgehead atoms. The predicted octanol–water partition coefficient (Wildman–Crippen LogP) is 3.05. The van der Waals surface area contributed by atoms with Crippen molar-refractivity contribution in [2.24, 2.45) is 0 Å². The van der Waals surface area contributed by atoms with E-state index in [1.54, 1.807) is 11.3 Å². The fraction of sp³-hybridized carbons (Fsp3) is 0.500. The molecule has 0 nitrogen and oxygen atoms in total. The lowest BCUT2D eigenvalue weighted by Crippen LogP contribution is -2.08. The Bertz CT molecular complexity index is 167. The molecule has 1 heterocycles. The summed E-state index contributed by atoms with van der Waals surface area (Å²) in [5.41, 5.74) is 1.77. The van der Waals surface area contributed by atoms with E-state index in [-0.39, 0.29) is 0 Å². The molecule has 0 radical (unpaired) electrons. The first kappa shape index (κ1) is 6.81. The van der Waals surface area contributed by atoms with Gasteiger partial charge in [0.25, 0.3) is 0 Å². The molecule has 0 unspecified atom stereocenters. The van der Waals surface area contributed by atoms with E-state index in [9.17, 15) is 0 Å². The molecule has 0 fully saturated rings. The van der Waals surface area contributed by atoms with Crippen LogP contribution < -0.4 is 0 Å². The molecule has 0 spiro atoms. The Labute approximate surface area is 60.5 Å². The number of hydrogen-bond donors (Lipinski definition) is 0. The fourth-order valence-corrected chi connectivity index (χ4v) is 1.57. The van der Waals surface area contributed by atoms with Gasteiger partial charge in [-0.05, 0) is 27.8 Å². The summed E-state index contributed by atoms with van der Waals surface area (Å²) in [6.07, 6.45) is 0. The lowest BCUT2D eigenvalue weighted by Gasteiger charge is -2.15. The maximum Gasteiger partial charge on any atom is -0.00559 e. The van der Waals surface area contributed by atoms with Gasteiger partial charge >= 0.3 is 0 Å². The highest BCUT2D eigenvalue weighted by molar-refractivity contribution is 7.08. The first-order valence-electron chi connectivity index (χ1n) is 3.13. The van der Waals surface area contributed by atoms with Crippen LogP contribution >= 0.6 is 11.3 Å². The summed E-state index contributed by atoms with van der Waals surface area (Å²) in [7, 11) is 0. The molecule has 0 aliphatic rings. The standard InChI is InChI=1S/C8H12S/c1-8(2,3)7-4-5-9-6-7/h4-6H,1-3H3. The van der Waals surface area contributed by atoms with E-state index in [2.05, 4.69) is 37.6 Å². The average molecular weight is 140 g/mol. The molecule has 1 aromatic heterocycles. The van der Waals surface area contributed by atoms with Gasteiger partial charge in [0.15, 0.2) is 0 Å². The van der Waals surface area contributed by atoms with Gasteiger partial charge in [-0.15, -0.1) is 0 Å². The van der Waals surface area contributed by atoms with Crippen LogP contribution in [0.1, 0.15) is 26.3 Å². The Kier molecular flexibility index (Phi) is 1.62. The molecule has 0 aliphatic heterocycles. The van der Waals surface area contributed by atoms with Gasteiger partial charge < -0.3 is 0 Å². The van der Waals surface area contributed by atoms with Crippen molar-refractivity contribution >= 4 is 11.3 Å². The Hall–Kier alpha value is -0.300. The second-order valence-corrected chi connectivity index (χ2v) is 4.04. The van der Waals surface area contributed by atoms with Gasteiger partial charge in [-0.3, -0.25) is 0 Å². The lowest BCUT2D eigenvalue weighted by atomic mass is 9.90. The molecule has 9 heavy (non-hydrogen) atoms. The first-order chi connectivity index (χ1) is 4.11. The maximum atomic E-state index is 2.23. The van der Waals surface area contributed by atoms with Crippen molar-refractivity contribution < 1.29 is 0 Å². The summed E-state index contributed by atoms with van der Waals surface area (Å²) in [5, 5.41) is 4.33. The van der Waals surface area contributed by atoms with Crippen LogP contribution in [0.5, 0.6) is 0 Å². The average Bonchev–Trinajstić information content (AvgIpc) is 2.08. The van der Waals surface area contributed by atoms with Crippen LogP contribution in [0.2, 0.25) is 0 Å². The van der Waals surface area contributed by atoms with E-state index in [1.165, 1.54) is 5.56 Å². The summed E-state index contributed by atoms with van der Waals surface area (Å²) in [6.45, 7) is 6.69. The Morgan fingerprint density at radius 2 is 2.00 bits per heavy atom. The molecule has 50 valence electrons. The molecular weight excluding hydrogens is 128 g/mol. The summed E-state index contributed by atoms with van der Waals surface area (Å²) in [5.74, 6) is 0. The van der Waals surface area contributed by atoms with E-state index in [0.29, 0.717) is 5.41 Å². The SMILES string of the molecule is CC(C)(C)c1ccsc1. The fourth-order valence-electron chi connectivity index (χ4n) is 0.691. The zero-order valence-electron chi connectivity index (χ0n) is 6.14. The minimum absolute atomic E-state index is 0.333. The zero-order chi connectivity index (χ0) is 6.91. The molecule has 0 N–H and O–H groups in total. The highest BCUT2D eigenvalue weighted by atomic mass is 32.1. The van der Waals surface area contributed by atoms with Crippen molar-refractivity contribution in [2.45, 2.75) is 26.2 Å². The van der Waals surface area contributed by atoms with Crippen molar-refractivity contribution in [3.05, 3.63) is 22.4 Å². The van der Waals surface area contributed by atoms with Crippen LogP contribution in [0.15, 0.2) is 16.8 Å². The van der Waals surface area contributed by atoms with Gasteiger partial charge in [-0.25, -0.2) is 0 Å². The zero-order valence-corrected chi connectivity index (χ0v) is 6.96. The van der Waals surface area contributed by atoms with Gasteiger partial charge in [-0.1, -0.05) is 20.8 Å². The summed E-state index contributed by atoms with van der Waals surface area (Å²) in [6, 6.07) is 2.19. The Morgan fingerprint density at radius 3 is 2.22 bits per heavy atom. The minimum Gasteiger partial charge on any atom is -0.152 e. The van der Waals surface area contributed by atoms with E-state index >= 15 is 0 Å². The Balaban J connectivity index is 2.90. The highest BCUT2D eigenvalue weighted by Crippen LogP contribution is 2.23. The second kappa shape index (κ2) is 2.14. The van der Waals surface area contributed by atoms with Crippen LogP contribution in [0, 0.1) is 0 Å². The highest BCUT2D eigenvalue weighted by Gasteiger charge is 2.12. The molecule has 0 aromatic carbocycles. The van der Waals surface area contributed by atoms with E-state index < -0.39 is 0 Å². The van der Waals surface area contributed by atoms with Crippen LogP contribution in [0.3, 0.4) is 0 Å². The van der Waals surface area contributed by atoms with Gasteiger partial charge in [0.1, 0.15) is 0 Å². The van der Waals surface area contributed by atoms with Crippen LogP contribution in [0.4, 0.5) is 0 Å². The van der Waals surface area contributed by atoms with Crippen LogP contribution in [-0.4, -0.2) is 0 Å². The number of hydrogen-bond acceptors (Lipinski definition) is 1. The Morgan fingerprint density at radius 1 is 1.33 bits per heavy atom. The number of thiophene rings is 1. The lowest BCUT2D eigenvalue weighted by molar-refractivity contribution is 0.593. The molecule has 0 aliphatic carbocycles. The molecule has 1 heteroatoms. The molecule has 1 aromatic rings. The van der Waals surface area contributed by atoms with Crippen molar-refractivity contribution in [3.63, 3.8) is 0 Å². The summed E-state index contributed by atoms with van der Waals surface area (Å²) >= 11 is 1.77. The molecule has 0 atom stereocenters. The first-order valence-corrected chi connectivity index (χ1v) is 4.07. The van der Waals surface area contributed by atoms with Gasteiger partial charge in [0, 0.05) is 0 Å². The number of rotatable bonds is 0. The van der Waals surface area contributed by atoms with Crippen molar-refractivity contribution in [1.82, 2.24) is 0 Å². The monoisotopic (exact) mass is 140 g/mol. The largest absolute Gasteiger partial charge is 0.152 e. The van der Waals surface area contributed by atoms with Crippen molar-refractivity contribution in [2.75, 3.05) is 0 Å². The molecule has 1 rings (SSSR count). The van der Waals surface area contributed by atoms with Crippen molar-refractivity contribution in [3.8, 4) is 0 Å². The smallest absolute Gasteiger partial charge is 0.00559 e. The van der Waals surface area contributed by atoms with E-state index in [4.69, 9.17) is 0 Å². The molecule has 0 amide bonds. The summed E-state index contributed by atoms with van der Waals surface area (Å²) < 4.78 is 0. The topological polar surface area (TPSA) is 0 Å². The molecule has 0 saturated carbocycles. The summed E-state index contributed by atoms with van der Waals surface area (Å²) in [4.78, 5) is 0. The van der Waals surface area contributed by atoms with Crippen LogP contribution in [0.25, 0.3) is 0 Å². The van der Waals surface area contributed by atoms with E-state index in [1.807, 2.05) is 0 Å². The third-order valence-corrected chi connectivity index (χ3v) is 2.07. The van der Waals surface area contributed by atoms with E-state index in [0.717, 1.165) is 0 Å². The third-order valence-electron chi connectivity index (χ3n) is 1.39. The second-order valence-electron chi connectivity index (χ2n) is 3.26. The normalized spacial score (nSPS) is 11.9. The van der Waals surface area contributed by atoms with Crippen LogP contribution in [-0.2, 0) is 5.41 Å². The predicted molar refractivity (Wildman–Crippen MR) is 43.0 cm³/mol. The van der Waals surface area contributed by atoms with Gasteiger partial charge in [0.05, 0.1) is 0 Å². The maximum absolute atomic E-state index is 2.23. The quantitative estimate of drug-likeness (QED) is 0.519. The van der Waals surface area contributed by atoms with Crippen molar-refractivity contribution in [1.29, 1.82) is 0 Å². The molecular formula is C8H12S. The molecule has 0 saturated heterocycles. The minimum atomic E-state index is 0.333. The van der Waals surface area contributed by atoms with Gasteiger partial charge in [-0.2, -0.15) is 11.3 Å².